The summed E-state index contributed by atoms with van der Waals surface area (Å²) in [5.41, 5.74) is 2.53. The Balaban J connectivity index is 1.75. The summed E-state index contributed by atoms with van der Waals surface area (Å²) in [5, 5.41) is 0. The van der Waals surface area contributed by atoms with Crippen molar-refractivity contribution < 1.29 is 4.79 Å². The summed E-state index contributed by atoms with van der Waals surface area (Å²) < 4.78 is 1.79. The number of rotatable bonds is 7. The smallest absolute Gasteiger partial charge is 0.198 e. The average Bonchev–Trinajstić information content (AvgIpc) is 3.06. The van der Waals surface area contributed by atoms with Crippen LogP contribution in [-0.4, -0.2) is 15.3 Å². The summed E-state index contributed by atoms with van der Waals surface area (Å²) in [6.07, 6.45) is 5.89. The molecule has 0 aliphatic carbocycles. The molecule has 0 aliphatic rings. The van der Waals surface area contributed by atoms with Crippen molar-refractivity contribution in [2.75, 3.05) is 0 Å². The van der Waals surface area contributed by atoms with Crippen molar-refractivity contribution in [2.24, 2.45) is 7.05 Å². The standard InChI is InChI=1S/C21H22N2O/c1-23-15-14-22-21(23)20(24)16-19(18-10-6-3-7-11-18)13-12-17-8-4-2-5-9-17/h2-11,14-15,19H,12-13,16H2,1H3/t19-/m1/s1. The van der Waals surface area contributed by atoms with E-state index in [1.807, 2.05) is 37.5 Å². The van der Waals surface area contributed by atoms with Gasteiger partial charge in [-0.05, 0) is 29.9 Å². The van der Waals surface area contributed by atoms with Crippen LogP contribution >= 0.6 is 0 Å². The Hall–Kier alpha value is -2.68. The Labute approximate surface area is 143 Å². The summed E-state index contributed by atoms with van der Waals surface area (Å²) in [7, 11) is 1.86. The summed E-state index contributed by atoms with van der Waals surface area (Å²) in [6, 6.07) is 20.7. The Morgan fingerprint density at radius 2 is 1.71 bits per heavy atom. The minimum atomic E-state index is 0.101. The van der Waals surface area contributed by atoms with Gasteiger partial charge in [0.2, 0.25) is 0 Å². The molecule has 0 saturated carbocycles. The molecule has 3 aromatic rings. The van der Waals surface area contributed by atoms with E-state index in [-0.39, 0.29) is 11.7 Å². The molecule has 0 spiro atoms. The molecule has 0 unspecified atom stereocenters. The minimum Gasteiger partial charge on any atom is -0.332 e. The highest BCUT2D eigenvalue weighted by Crippen LogP contribution is 2.26. The SMILES string of the molecule is Cn1ccnc1C(=O)C[C@@H](CCc1ccccc1)c1ccccc1. The number of Topliss-reactive ketones (excluding diaryl/α,β-unsaturated/α-hetero) is 1. The summed E-state index contributed by atoms with van der Waals surface area (Å²) in [6.45, 7) is 0. The van der Waals surface area contributed by atoms with Gasteiger partial charge in [-0.1, -0.05) is 60.7 Å². The number of nitrogens with zero attached hydrogens (tertiary/aromatic N) is 2. The van der Waals surface area contributed by atoms with E-state index in [1.54, 1.807) is 10.8 Å². The first kappa shape index (κ1) is 16.2. The van der Waals surface area contributed by atoms with E-state index in [0.29, 0.717) is 12.2 Å². The molecule has 2 aromatic carbocycles. The van der Waals surface area contributed by atoms with Crippen LogP contribution in [0.15, 0.2) is 73.1 Å². The fourth-order valence-electron chi connectivity index (χ4n) is 3.05. The zero-order chi connectivity index (χ0) is 16.8. The zero-order valence-electron chi connectivity index (χ0n) is 13.9. The maximum absolute atomic E-state index is 12.6. The van der Waals surface area contributed by atoms with Crippen LogP contribution in [0.1, 0.15) is 40.5 Å². The Bertz CT molecular complexity index is 778. The normalized spacial score (nSPS) is 12.0. The number of carbonyl (C=O) groups is 1. The summed E-state index contributed by atoms with van der Waals surface area (Å²) >= 11 is 0. The van der Waals surface area contributed by atoms with Crippen LogP contribution in [0, 0.1) is 0 Å². The molecule has 3 heteroatoms. The van der Waals surface area contributed by atoms with Gasteiger partial charge in [-0.2, -0.15) is 0 Å². The van der Waals surface area contributed by atoms with Crippen LogP contribution < -0.4 is 0 Å². The molecule has 1 atom stereocenters. The van der Waals surface area contributed by atoms with E-state index in [1.165, 1.54) is 11.1 Å². The molecule has 0 saturated heterocycles. The monoisotopic (exact) mass is 318 g/mol. The highest BCUT2D eigenvalue weighted by atomic mass is 16.1. The second-order valence-corrected chi connectivity index (χ2v) is 6.12. The van der Waals surface area contributed by atoms with E-state index >= 15 is 0 Å². The van der Waals surface area contributed by atoms with Gasteiger partial charge < -0.3 is 4.57 Å². The molecule has 122 valence electrons. The van der Waals surface area contributed by atoms with Gasteiger partial charge in [0, 0.05) is 25.9 Å². The maximum Gasteiger partial charge on any atom is 0.198 e. The van der Waals surface area contributed by atoms with E-state index in [9.17, 15) is 4.79 Å². The van der Waals surface area contributed by atoms with Crippen LogP contribution in [0.4, 0.5) is 0 Å². The molecule has 0 aliphatic heterocycles. The van der Waals surface area contributed by atoms with Crippen molar-refractivity contribution >= 4 is 5.78 Å². The number of hydrogen-bond acceptors (Lipinski definition) is 2. The predicted octanol–water partition coefficient (Wildman–Crippen LogP) is 4.41. The lowest BCUT2D eigenvalue weighted by molar-refractivity contribution is 0.0959. The van der Waals surface area contributed by atoms with Crippen LogP contribution in [0.2, 0.25) is 0 Å². The Morgan fingerprint density at radius 1 is 1.04 bits per heavy atom. The van der Waals surface area contributed by atoms with Gasteiger partial charge in [-0.15, -0.1) is 0 Å². The first-order valence-electron chi connectivity index (χ1n) is 8.33. The van der Waals surface area contributed by atoms with E-state index in [0.717, 1.165) is 12.8 Å². The molecule has 1 aromatic heterocycles. The highest BCUT2D eigenvalue weighted by Gasteiger charge is 2.19. The summed E-state index contributed by atoms with van der Waals surface area (Å²) in [4.78, 5) is 16.8. The molecule has 1 heterocycles. The summed E-state index contributed by atoms with van der Waals surface area (Å²) in [5.74, 6) is 0.843. The highest BCUT2D eigenvalue weighted by molar-refractivity contribution is 5.93. The molecule has 0 amide bonds. The third kappa shape index (κ3) is 3.99. The van der Waals surface area contributed by atoms with E-state index < -0.39 is 0 Å². The van der Waals surface area contributed by atoms with E-state index in [2.05, 4.69) is 41.4 Å². The molecule has 3 rings (SSSR count). The number of aromatic nitrogens is 2. The van der Waals surface area contributed by atoms with Crippen molar-refractivity contribution in [1.29, 1.82) is 0 Å². The molecule has 0 fully saturated rings. The number of hydrogen-bond donors (Lipinski definition) is 0. The average molecular weight is 318 g/mol. The zero-order valence-corrected chi connectivity index (χ0v) is 13.9. The third-order valence-electron chi connectivity index (χ3n) is 4.40. The number of ketones is 1. The van der Waals surface area contributed by atoms with Crippen molar-refractivity contribution in [2.45, 2.75) is 25.2 Å². The fraction of sp³-hybridized carbons (Fsp3) is 0.238. The van der Waals surface area contributed by atoms with Gasteiger partial charge in [-0.3, -0.25) is 4.79 Å². The second-order valence-electron chi connectivity index (χ2n) is 6.12. The number of carbonyl (C=O) groups excluding carboxylic acids is 1. The lowest BCUT2D eigenvalue weighted by Crippen LogP contribution is -2.13. The van der Waals surface area contributed by atoms with Gasteiger partial charge in [0.25, 0.3) is 0 Å². The van der Waals surface area contributed by atoms with Crippen molar-refractivity contribution in [1.82, 2.24) is 9.55 Å². The first-order chi connectivity index (χ1) is 11.7. The molecule has 0 bridgehead atoms. The maximum atomic E-state index is 12.6. The number of aryl methyl sites for hydroxylation is 2. The Morgan fingerprint density at radius 3 is 2.33 bits per heavy atom. The molecule has 0 radical (unpaired) electrons. The topological polar surface area (TPSA) is 34.9 Å². The number of imidazole rings is 1. The lowest BCUT2D eigenvalue weighted by Gasteiger charge is -2.17. The number of benzene rings is 2. The lowest BCUT2D eigenvalue weighted by atomic mass is 9.88. The molecular weight excluding hydrogens is 296 g/mol. The van der Waals surface area contributed by atoms with Crippen LogP contribution in [-0.2, 0) is 13.5 Å². The largest absolute Gasteiger partial charge is 0.332 e. The van der Waals surface area contributed by atoms with Gasteiger partial charge in [-0.25, -0.2) is 4.98 Å². The second kappa shape index (κ2) is 7.73. The van der Waals surface area contributed by atoms with Gasteiger partial charge in [0.15, 0.2) is 11.6 Å². The van der Waals surface area contributed by atoms with Crippen molar-refractivity contribution in [3.05, 3.63) is 90.0 Å². The first-order valence-corrected chi connectivity index (χ1v) is 8.33. The van der Waals surface area contributed by atoms with E-state index in [4.69, 9.17) is 0 Å². The third-order valence-corrected chi connectivity index (χ3v) is 4.40. The van der Waals surface area contributed by atoms with Gasteiger partial charge in [0.05, 0.1) is 0 Å². The van der Waals surface area contributed by atoms with Crippen LogP contribution in [0.3, 0.4) is 0 Å². The Kier molecular flexibility index (Phi) is 5.22. The molecule has 24 heavy (non-hydrogen) atoms. The predicted molar refractivity (Wildman–Crippen MR) is 96.1 cm³/mol. The van der Waals surface area contributed by atoms with Crippen LogP contribution in [0.5, 0.6) is 0 Å². The molecule has 0 N–H and O–H groups in total. The fourth-order valence-corrected chi connectivity index (χ4v) is 3.05. The molecule has 3 nitrogen and oxygen atoms in total. The quantitative estimate of drug-likeness (QED) is 0.605. The van der Waals surface area contributed by atoms with Crippen molar-refractivity contribution in [3.63, 3.8) is 0 Å². The minimum absolute atomic E-state index is 0.101. The van der Waals surface area contributed by atoms with Crippen LogP contribution in [0.25, 0.3) is 0 Å². The molecular formula is C21H22N2O. The van der Waals surface area contributed by atoms with Crippen molar-refractivity contribution in [3.8, 4) is 0 Å². The van der Waals surface area contributed by atoms with Gasteiger partial charge >= 0.3 is 0 Å². The van der Waals surface area contributed by atoms with Gasteiger partial charge in [0.1, 0.15) is 0 Å².